The first-order chi connectivity index (χ1) is 11.2. The third kappa shape index (κ3) is 2.56. The van der Waals surface area contributed by atoms with Crippen molar-refractivity contribution in [3.63, 3.8) is 0 Å². The summed E-state index contributed by atoms with van der Waals surface area (Å²) in [6.07, 6.45) is 11.1. The van der Waals surface area contributed by atoms with Crippen LogP contribution >= 0.6 is 0 Å². The Hall–Kier alpha value is -2.44. The molecule has 4 heterocycles. The standard InChI is InChI=1S/C16H21N7/c1-12-7-20-22(9-12)10-13-5-3-4-6-23(13)16-14-8-19-21(2)15(14)17-11-18-16/h7-9,11,13H,3-6,10H2,1-2H3/t13-/m0/s1. The average Bonchev–Trinajstić information content (AvgIpc) is 3.14. The van der Waals surface area contributed by atoms with Gasteiger partial charge >= 0.3 is 0 Å². The highest BCUT2D eigenvalue weighted by atomic mass is 15.3. The third-order valence-electron chi connectivity index (χ3n) is 4.57. The monoisotopic (exact) mass is 311 g/mol. The van der Waals surface area contributed by atoms with Gasteiger partial charge in [-0.15, -0.1) is 0 Å². The van der Waals surface area contributed by atoms with E-state index in [4.69, 9.17) is 0 Å². The van der Waals surface area contributed by atoms with Crippen LogP contribution in [0, 0.1) is 6.92 Å². The molecule has 4 rings (SSSR count). The van der Waals surface area contributed by atoms with E-state index in [1.807, 2.05) is 24.1 Å². The highest BCUT2D eigenvalue weighted by molar-refractivity contribution is 5.86. The van der Waals surface area contributed by atoms with Crippen LogP contribution < -0.4 is 4.90 Å². The smallest absolute Gasteiger partial charge is 0.163 e. The molecule has 1 saturated heterocycles. The van der Waals surface area contributed by atoms with E-state index in [1.165, 1.54) is 18.4 Å². The van der Waals surface area contributed by atoms with Crippen LogP contribution in [-0.2, 0) is 13.6 Å². The van der Waals surface area contributed by atoms with E-state index in [9.17, 15) is 0 Å². The van der Waals surface area contributed by atoms with Gasteiger partial charge in [-0.25, -0.2) is 9.97 Å². The SMILES string of the molecule is Cc1cnn(C[C@@H]2CCCCN2c2ncnc3c2cnn3C)c1. The molecule has 1 aliphatic heterocycles. The van der Waals surface area contributed by atoms with Crippen LogP contribution in [-0.4, -0.2) is 42.1 Å². The highest BCUT2D eigenvalue weighted by Gasteiger charge is 2.26. The van der Waals surface area contributed by atoms with E-state index < -0.39 is 0 Å². The summed E-state index contributed by atoms with van der Waals surface area (Å²) in [6, 6.07) is 0.404. The zero-order valence-electron chi connectivity index (χ0n) is 13.6. The topological polar surface area (TPSA) is 64.7 Å². The maximum Gasteiger partial charge on any atom is 0.163 e. The van der Waals surface area contributed by atoms with Gasteiger partial charge in [-0.05, 0) is 31.7 Å². The molecule has 120 valence electrons. The largest absolute Gasteiger partial charge is 0.351 e. The Morgan fingerprint density at radius 1 is 1.17 bits per heavy atom. The fourth-order valence-electron chi connectivity index (χ4n) is 3.43. The Morgan fingerprint density at radius 2 is 2.09 bits per heavy atom. The van der Waals surface area contributed by atoms with E-state index >= 15 is 0 Å². The lowest BCUT2D eigenvalue weighted by Crippen LogP contribution is -2.43. The fraction of sp³-hybridized carbons (Fsp3) is 0.500. The molecule has 0 unspecified atom stereocenters. The Kier molecular flexibility index (Phi) is 3.48. The molecule has 1 atom stereocenters. The predicted octanol–water partition coefficient (Wildman–Crippen LogP) is 1.93. The Bertz CT molecular complexity index is 819. The number of rotatable bonds is 3. The number of anilines is 1. The first-order valence-corrected chi connectivity index (χ1v) is 8.11. The normalized spacial score (nSPS) is 18.7. The number of hydrogen-bond acceptors (Lipinski definition) is 5. The van der Waals surface area contributed by atoms with E-state index in [2.05, 4.69) is 38.2 Å². The van der Waals surface area contributed by atoms with Crippen molar-refractivity contribution in [1.29, 1.82) is 0 Å². The second-order valence-electron chi connectivity index (χ2n) is 6.29. The van der Waals surface area contributed by atoms with Gasteiger partial charge in [0.2, 0.25) is 0 Å². The van der Waals surface area contributed by atoms with Crippen molar-refractivity contribution in [3.05, 3.63) is 30.5 Å². The van der Waals surface area contributed by atoms with Crippen LogP contribution in [0.4, 0.5) is 5.82 Å². The van der Waals surface area contributed by atoms with E-state index in [0.717, 1.165) is 36.4 Å². The van der Waals surface area contributed by atoms with E-state index in [1.54, 1.807) is 11.0 Å². The van der Waals surface area contributed by atoms with Crippen LogP contribution in [0.3, 0.4) is 0 Å². The maximum atomic E-state index is 4.57. The number of piperidine rings is 1. The van der Waals surface area contributed by atoms with Crippen LogP contribution in [0.5, 0.6) is 0 Å². The van der Waals surface area contributed by atoms with Gasteiger partial charge in [-0.1, -0.05) is 0 Å². The Morgan fingerprint density at radius 3 is 2.91 bits per heavy atom. The van der Waals surface area contributed by atoms with Gasteiger partial charge in [-0.2, -0.15) is 10.2 Å². The lowest BCUT2D eigenvalue weighted by Gasteiger charge is -2.36. The van der Waals surface area contributed by atoms with Crippen LogP contribution in [0.25, 0.3) is 11.0 Å². The van der Waals surface area contributed by atoms with Crippen LogP contribution in [0.15, 0.2) is 24.9 Å². The quantitative estimate of drug-likeness (QED) is 0.739. The molecule has 23 heavy (non-hydrogen) atoms. The summed E-state index contributed by atoms with van der Waals surface area (Å²) in [6.45, 7) is 3.98. The molecule has 0 amide bonds. The first kappa shape index (κ1) is 14.2. The lowest BCUT2D eigenvalue weighted by molar-refractivity contribution is 0.397. The van der Waals surface area contributed by atoms with Crippen molar-refractivity contribution in [2.24, 2.45) is 7.05 Å². The molecule has 0 N–H and O–H groups in total. The number of nitrogens with zero attached hydrogens (tertiary/aromatic N) is 7. The molecule has 7 nitrogen and oxygen atoms in total. The maximum absolute atomic E-state index is 4.57. The van der Waals surface area contributed by atoms with Crippen molar-refractivity contribution < 1.29 is 0 Å². The minimum Gasteiger partial charge on any atom is -0.351 e. The van der Waals surface area contributed by atoms with E-state index in [-0.39, 0.29) is 0 Å². The zero-order valence-corrected chi connectivity index (χ0v) is 13.6. The predicted molar refractivity (Wildman–Crippen MR) is 88.3 cm³/mol. The van der Waals surface area contributed by atoms with Gasteiger partial charge in [0.1, 0.15) is 12.1 Å². The summed E-state index contributed by atoms with van der Waals surface area (Å²) in [5, 5.41) is 9.81. The highest BCUT2D eigenvalue weighted by Crippen LogP contribution is 2.29. The molecule has 3 aromatic heterocycles. The van der Waals surface area contributed by atoms with Gasteiger partial charge in [-0.3, -0.25) is 9.36 Å². The van der Waals surface area contributed by atoms with Crippen molar-refractivity contribution in [3.8, 4) is 0 Å². The van der Waals surface area contributed by atoms with Gasteiger partial charge in [0.15, 0.2) is 5.65 Å². The minimum atomic E-state index is 0.404. The molecule has 1 aliphatic rings. The zero-order chi connectivity index (χ0) is 15.8. The molecule has 0 spiro atoms. The summed E-state index contributed by atoms with van der Waals surface area (Å²) in [7, 11) is 1.92. The number of fused-ring (bicyclic) bond motifs is 1. The molecule has 7 heteroatoms. The fourth-order valence-corrected chi connectivity index (χ4v) is 3.43. The van der Waals surface area contributed by atoms with Crippen LogP contribution in [0.1, 0.15) is 24.8 Å². The molecule has 0 bridgehead atoms. The number of hydrogen-bond donors (Lipinski definition) is 0. The van der Waals surface area contributed by atoms with Gasteiger partial charge in [0, 0.05) is 19.8 Å². The average molecular weight is 311 g/mol. The second kappa shape index (κ2) is 5.64. The Balaban J connectivity index is 1.69. The molecular weight excluding hydrogens is 290 g/mol. The molecule has 0 radical (unpaired) electrons. The number of aryl methyl sites for hydroxylation is 2. The molecular formula is C16H21N7. The first-order valence-electron chi connectivity index (χ1n) is 8.11. The number of aromatic nitrogens is 6. The summed E-state index contributed by atoms with van der Waals surface area (Å²) in [5.41, 5.74) is 2.08. The lowest BCUT2D eigenvalue weighted by atomic mass is 10.0. The molecule has 3 aromatic rings. The van der Waals surface area contributed by atoms with Crippen molar-refractivity contribution in [1.82, 2.24) is 29.5 Å². The molecule has 0 aliphatic carbocycles. The summed E-state index contributed by atoms with van der Waals surface area (Å²) >= 11 is 0. The Labute approximate surface area is 134 Å². The summed E-state index contributed by atoms with van der Waals surface area (Å²) in [5.74, 6) is 0.997. The molecule has 0 aromatic carbocycles. The summed E-state index contributed by atoms with van der Waals surface area (Å²) < 4.78 is 3.84. The second-order valence-corrected chi connectivity index (χ2v) is 6.29. The molecule has 1 fully saturated rings. The van der Waals surface area contributed by atoms with Gasteiger partial charge < -0.3 is 4.90 Å². The third-order valence-corrected chi connectivity index (χ3v) is 4.57. The van der Waals surface area contributed by atoms with Crippen molar-refractivity contribution in [2.45, 2.75) is 38.8 Å². The van der Waals surface area contributed by atoms with E-state index in [0.29, 0.717) is 6.04 Å². The van der Waals surface area contributed by atoms with Crippen LogP contribution in [0.2, 0.25) is 0 Å². The van der Waals surface area contributed by atoms with Crippen molar-refractivity contribution in [2.75, 3.05) is 11.4 Å². The van der Waals surface area contributed by atoms with Crippen molar-refractivity contribution >= 4 is 16.9 Å². The van der Waals surface area contributed by atoms with Gasteiger partial charge in [0.25, 0.3) is 0 Å². The van der Waals surface area contributed by atoms with Gasteiger partial charge in [0.05, 0.1) is 30.4 Å². The molecule has 0 saturated carbocycles. The minimum absolute atomic E-state index is 0.404. The summed E-state index contributed by atoms with van der Waals surface area (Å²) in [4.78, 5) is 11.3.